The molecule has 0 bridgehead atoms. The first-order chi connectivity index (χ1) is 18.1. The number of benzene rings is 1. The second kappa shape index (κ2) is 10.9. The molecule has 2 aromatic heterocycles. The monoisotopic (exact) mass is 582 g/mol. The zero-order valence-electron chi connectivity index (χ0n) is 21.6. The predicted molar refractivity (Wildman–Crippen MR) is 142 cm³/mol. The van der Waals surface area contributed by atoms with Gasteiger partial charge in [-0.05, 0) is 75.8 Å². The number of sulfonamides is 1. The maximum atomic E-state index is 13.5. The number of nitrogens with two attached hydrogens (primary N) is 1. The first-order valence-corrected chi connectivity index (χ1v) is 14.6. The van der Waals surface area contributed by atoms with Gasteiger partial charge in [-0.2, -0.15) is 13.2 Å². The van der Waals surface area contributed by atoms with Crippen LogP contribution in [0.1, 0.15) is 63.1 Å². The molecular weight excluding hydrogens is 553 g/mol. The van der Waals surface area contributed by atoms with Gasteiger partial charge in [-0.15, -0.1) is 11.3 Å². The molecule has 0 spiro atoms. The highest BCUT2D eigenvalue weighted by Crippen LogP contribution is 2.41. The molecule has 1 aliphatic rings. The molecule has 210 valence electrons. The molecule has 8 nitrogen and oxygen atoms in total. The van der Waals surface area contributed by atoms with Crippen LogP contribution < -0.4 is 10.5 Å². The van der Waals surface area contributed by atoms with Crippen LogP contribution in [0.4, 0.5) is 18.0 Å². The van der Waals surface area contributed by atoms with E-state index in [1.165, 1.54) is 23.5 Å². The predicted octanol–water partition coefficient (Wildman–Crippen LogP) is 6.09. The van der Waals surface area contributed by atoms with E-state index < -0.39 is 33.5 Å². The quantitative estimate of drug-likeness (QED) is 0.363. The van der Waals surface area contributed by atoms with Crippen LogP contribution in [0, 0.1) is 0 Å². The minimum absolute atomic E-state index is 0.0611. The number of amides is 1. The van der Waals surface area contributed by atoms with Gasteiger partial charge in [0.15, 0.2) is 0 Å². The van der Waals surface area contributed by atoms with E-state index in [0.29, 0.717) is 28.8 Å². The number of pyridine rings is 1. The fourth-order valence-corrected chi connectivity index (χ4v) is 7.40. The Bertz CT molecular complexity index is 1460. The minimum Gasteiger partial charge on any atom is -0.446 e. The van der Waals surface area contributed by atoms with Crippen molar-refractivity contribution in [3.63, 3.8) is 0 Å². The molecule has 39 heavy (non-hydrogen) atoms. The topological polar surface area (TPSA) is 124 Å². The summed E-state index contributed by atoms with van der Waals surface area (Å²) in [5, 5.41) is 0.836. The van der Waals surface area contributed by atoms with E-state index in [0.717, 1.165) is 30.1 Å². The summed E-state index contributed by atoms with van der Waals surface area (Å²) in [6, 6.07) is 6.86. The number of nitrogens with one attached hydrogen (secondary N) is 1. The van der Waals surface area contributed by atoms with Crippen molar-refractivity contribution in [3.05, 3.63) is 53.4 Å². The second-order valence-corrected chi connectivity index (χ2v) is 13.2. The summed E-state index contributed by atoms with van der Waals surface area (Å²) in [5.74, 6) is 0.126. The molecule has 0 atom stereocenters. The Kier molecular flexibility index (Phi) is 8.06. The molecule has 13 heteroatoms. The molecule has 3 N–H and O–H groups in total. The van der Waals surface area contributed by atoms with E-state index in [2.05, 4.69) is 14.7 Å². The van der Waals surface area contributed by atoms with Crippen molar-refractivity contribution in [2.24, 2.45) is 5.73 Å². The second-order valence-electron chi connectivity index (χ2n) is 10.5. The maximum absolute atomic E-state index is 13.5. The lowest BCUT2D eigenvalue weighted by Crippen LogP contribution is -2.40. The third-order valence-electron chi connectivity index (χ3n) is 6.19. The molecule has 0 saturated heterocycles. The third-order valence-corrected chi connectivity index (χ3v) is 9.18. The van der Waals surface area contributed by atoms with Gasteiger partial charge in [-0.25, -0.2) is 22.9 Å². The number of rotatable bonds is 6. The average molecular weight is 583 g/mol. The van der Waals surface area contributed by atoms with Gasteiger partial charge in [-0.1, -0.05) is 12.1 Å². The van der Waals surface area contributed by atoms with Crippen LogP contribution in [-0.4, -0.2) is 36.1 Å². The van der Waals surface area contributed by atoms with Crippen LogP contribution >= 0.6 is 11.3 Å². The first-order valence-electron chi connectivity index (χ1n) is 12.3. The van der Waals surface area contributed by atoms with Crippen molar-refractivity contribution in [2.45, 2.75) is 75.1 Å². The average Bonchev–Trinajstić information content (AvgIpc) is 3.32. The van der Waals surface area contributed by atoms with E-state index in [9.17, 15) is 26.4 Å². The normalized spacial score (nSPS) is 18.6. The number of thiazole rings is 1. The number of ether oxygens (including phenoxy) is 1. The summed E-state index contributed by atoms with van der Waals surface area (Å²) in [6.07, 6.45) is -0.208. The van der Waals surface area contributed by atoms with E-state index in [1.807, 2.05) is 0 Å². The van der Waals surface area contributed by atoms with Gasteiger partial charge in [0.2, 0.25) is 10.0 Å². The molecule has 0 aliphatic heterocycles. The van der Waals surface area contributed by atoms with Crippen LogP contribution in [0.2, 0.25) is 0 Å². The number of primary amides is 1. The molecule has 3 aromatic rings. The smallest absolute Gasteiger partial charge is 0.433 e. The summed E-state index contributed by atoms with van der Waals surface area (Å²) >= 11 is 1.37. The number of hydrogen-bond donors (Lipinski definition) is 2. The molecule has 1 saturated carbocycles. The summed E-state index contributed by atoms with van der Waals surface area (Å²) in [4.78, 5) is 19.5. The lowest BCUT2D eigenvalue weighted by atomic mass is 9.88. The standard InChI is InChI=1S/C26H29F3N4O4S2/c1-25(2,3)33-39(35,36)21-12-16(17-10-11-31-22(13-17)26(27,28)29)6-9-19(21)20-14-32-23(38-20)15-4-7-18(8-5-15)37-24(30)34/h6,9-15,18,33H,4-5,7-8H2,1-3H3,(H2,30,34)/t15-,18-. The highest BCUT2D eigenvalue weighted by molar-refractivity contribution is 7.89. The number of carbonyl (C=O) groups is 1. The van der Waals surface area contributed by atoms with E-state index in [1.54, 1.807) is 39.1 Å². The van der Waals surface area contributed by atoms with Gasteiger partial charge in [0.25, 0.3) is 0 Å². The number of carbonyl (C=O) groups excluding carboxylic acids is 1. The summed E-state index contributed by atoms with van der Waals surface area (Å²) < 4.78 is 74.5. The number of halogens is 3. The highest BCUT2D eigenvalue weighted by Gasteiger charge is 2.33. The van der Waals surface area contributed by atoms with Crippen molar-refractivity contribution in [3.8, 4) is 21.6 Å². The van der Waals surface area contributed by atoms with Gasteiger partial charge in [0.1, 0.15) is 11.8 Å². The number of hydrogen-bond acceptors (Lipinski definition) is 7. The van der Waals surface area contributed by atoms with Gasteiger partial charge in [0.05, 0.1) is 14.8 Å². The molecular formula is C26H29F3N4O4S2. The van der Waals surface area contributed by atoms with Crippen LogP contribution in [0.5, 0.6) is 0 Å². The molecule has 1 fully saturated rings. The van der Waals surface area contributed by atoms with Crippen molar-refractivity contribution >= 4 is 27.5 Å². The largest absolute Gasteiger partial charge is 0.446 e. The van der Waals surface area contributed by atoms with Crippen molar-refractivity contribution in [1.82, 2.24) is 14.7 Å². The SMILES string of the molecule is CC(C)(C)NS(=O)(=O)c1cc(-c2ccnc(C(F)(F)F)c2)ccc1-c1cnc([C@H]2CC[C@H](OC(N)=O)CC2)s1. The summed E-state index contributed by atoms with van der Waals surface area (Å²) in [6.45, 7) is 5.11. The Labute approximate surface area is 228 Å². The summed E-state index contributed by atoms with van der Waals surface area (Å²) in [5.41, 5.74) is 4.15. The van der Waals surface area contributed by atoms with Crippen LogP contribution in [0.25, 0.3) is 21.6 Å². The Morgan fingerprint density at radius 1 is 1.05 bits per heavy atom. The molecule has 0 unspecified atom stereocenters. The Balaban J connectivity index is 1.71. The van der Waals surface area contributed by atoms with Gasteiger partial charge in [-0.3, -0.25) is 4.98 Å². The molecule has 4 rings (SSSR count). The first kappa shape index (κ1) is 29.0. The Morgan fingerprint density at radius 2 is 1.72 bits per heavy atom. The molecule has 1 amide bonds. The Morgan fingerprint density at radius 3 is 2.33 bits per heavy atom. The molecule has 1 aliphatic carbocycles. The van der Waals surface area contributed by atoms with Crippen LogP contribution in [0.15, 0.2) is 47.6 Å². The zero-order chi connectivity index (χ0) is 28.6. The van der Waals surface area contributed by atoms with E-state index in [4.69, 9.17) is 10.5 Å². The molecule has 1 aromatic carbocycles. The van der Waals surface area contributed by atoms with Gasteiger partial charge < -0.3 is 10.5 Å². The third kappa shape index (κ3) is 7.14. The van der Waals surface area contributed by atoms with Crippen LogP contribution in [0.3, 0.4) is 0 Å². The minimum atomic E-state index is -4.64. The van der Waals surface area contributed by atoms with E-state index in [-0.39, 0.29) is 22.5 Å². The Hall–Kier alpha value is -3.03. The molecule has 2 heterocycles. The van der Waals surface area contributed by atoms with Crippen molar-refractivity contribution < 1.29 is 31.1 Å². The highest BCUT2D eigenvalue weighted by atomic mass is 32.2. The van der Waals surface area contributed by atoms with Gasteiger partial charge in [0, 0.05) is 29.4 Å². The van der Waals surface area contributed by atoms with E-state index >= 15 is 0 Å². The lowest BCUT2D eigenvalue weighted by molar-refractivity contribution is -0.141. The molecule has 0 radical (unpaired) electrons. The fourth-order valence-electron chi connectivity index (χ4n) is 4.54. The van der Waals surface area contributed by atoms with Crippen LogP contribution in [-0.2, 0) is 20.9 Å². The van der Waals surface area contributed by atoms with Crippen molar-refractivity contribution in [2.75, 3.05) is 0 Å². The van der Waals surface area contributed by atoms with Gasteiger partial charge >= 0.3 is 12.3 Å². The fraction of sp³-hybridized carbons (Fsp3) is 0.423. The number of alkyl halides is 3. The van der Waals surface area contributed by atoms with Crippen molar-refractivity contribution in [1.29, 1.82) is 0 Å². The zero-order valence-corrected chi connectivity index (χ0v) is 23.2. The maximum Gasteiger partial charge on any atom is 0.433 e. The lowest BCUT2D eigenvalue weighted by Gasteiger charge is -2.26. The number of nitrogens with zero attached hydrogens (tertiary/aromatic N) is 2. The number of aromatic nitrogens is 2. The summed E-state index contributed by atoms with van der Waals surface area (Å²) in [7, 11) is -4.07.